The van der Waals surface area contributed by atoms with Crippen LogP contribution in [0.3, 0.4) is 0 Å². The third-order valence-electron chi connectivity index (χ3n) is 3.72. The van der Waals surface area contributed by atoms with Crippen LogP contribution in [0.5, 0.6) is 0 Å². The molecule has 0 saturated carbocycles. The van der Waals surface area contributed by atoms with Crippen molar-refractivity contribution in [1.82, 2.24) is 4.72 Å². The molecule has 1 rings (SSSR count). The monoisotopic (exact) mass is 349 g/mol. The molecular formula is C19H31NOSSi. The topological polar surface area (TPSA) is 29.1 Å². The Hall–Kier alpha value is -0.933. The second-order valence-corrected chi connectivity index (χ2v) is 15.0. The van der Waals surface area contributed by atoms with Gasteiger partial charge in [-0.3, -0.25) is 0 Å². The Morgan fingerprint density at radius 2 is 1.83 bits per heavy atom. The second-order valence-electron chi connectivity index (χ2n) is 7.92. The summed E-state index contributed by atoms with van der Waals surface area (Å²) in [7, 11) is -2.67. The predicted octanol–water partition coefficient (Wildman–Crippen LogP) is 4.63. The van der Waals surface area contributed by atoms with Crippen molar-refractivity contribution in [2.24, 2.45) is 0 Å². The SMILES string of the molecule is C=C=C([C@@H](CCc1ccccc1)N[S@](=O)C(C)(C)C)[Si](C)(C)C. The summed E-state index contributed by atoms with van der Waals surface area (Å²) < 4.78 is 15.7. The maximum absolute atomic E-state index is 12.6. The molecule has 0 aliphatic carbocycles. The maximum Gasteiger partial charge on any atom is 0.0975 e. The quantitative estimate of drug-likeness (QED) is 0.564. The first-order valence-electron chi connectivity index (χ1n) is 8.18. The van der Waals surface area contributed by atoms with Crippen molar-refractivity contribution in [3.05, 3.63) is 53.4 Å². The summed E-state index contributed by atoms with van der Waals surface area (Å²) in [5.41, 5.74) is 4.47. The number of hydrogen-bond acceptors (Lipinski definition) is 1. The van der Waals surface area contributed by atoms with E-state index in [0.717, 1.165) is 12.8 Å². The lowest BCUT2D eigenvalue weighted by atomic mass is 10.1. The van der Waals surface area contributed by atoms with Gasteiger partial charge in [-0.25, -0.2) is 8.93 Å². The lowest BCUT2D eigenvalue weighted by Gasteiger charge is -2.30. The molecular weight excluding hydrogens is 318 g/mol. The minimum Gasteiger partial charge on any atom is -0.242 e. The van der Waals surface area contributed by atoms with Crippen LogP contribution in [0.2, 0.25) is 19.6 Å². The van der Waals surface area contributed by atoms with Gasteiger partial charge < -0.3 is 0 Å². The zero-order chi connectivity index (χ0) is 17.7. The molecule has 23 heavy (non-hydrogen) atoms. The number of benzene rings is 1. The Kier molecular flexibility index (Phi) is 7.21. The van der Waals surface area contributed by atoms with Gasteiger partial charge in [0.2, 0.25) is 0 Å². The van der Waals surface area contributed by atoms with Gasteiger partial charge in [-0.05, 0) is 44.4 Å². The molecule has 1 N–H and O–H groups in total. The minimum atomic E-state index is -1.57. The molecule has 0 aliphatic rings. The minimum absolute atomic E-state index is 0.0689. The van der Waals surface area contributed by atoms with Gasteiger partial charge in [-0.2, -0.15) is 0 Å². The largest absolute Gasteiger partial charge is 0.242 e. The van der Waals surface area contributed by atoms with Crippen molar-refractivity contribution < 1.29 is 4.21 Å². The van der Waals surface area contributed by atoms with Crippen molar-refractivity contribution in [3.8, 4) is 0 Å². The highest BCUT2D eigenvalue weighted by molar-refractivity contribution is 7.84. The molecule has 0 bridgehead atoms. The van der Waals surface area contributed by atoms with Crippen LogP contribution in [0.1, 0.15) is 32.8 Å². The van der Waals surface area contributed by atoms with E-state index in [-0.39, 0.29) is 10.8 Å². The van der Waals surface area contributed by atoms with Gasteiger partial charge in [0.25, 0.3) is 0 Å². The van der Waals surface area contributed by atoms with Crippen molar-refractivity contribution in [3.63, 3.8) is 0 Å². The van der Waals surface area contributed by atoms with Crippen molar-refractivity contribution in [1.29, 1.82) is 0 Å². The average molecular weight is 350 g/mol. The molecule has 0 spiro atoms. The average Bonchev–Trinajstić information content (AvgIpc) is 2.43. The third-order valence-corrected chi connectivity index (χ3v) is 7.47. The first-order chi connectivity index (χ1) is 10.6. The van der Waals surface area contributed by atoms with E-state index in [1.54, 1.807) is 0 Å². The second kappa shape index (κ2) is 8.25. The van der Waals surface area contributed by atoms with Crippen LogP contribution < -0.4 is 4.72 Å². The summed E-state index contributed by atoms with van der Waals surface area (Å²) >= 11 is 0. The highest BCUT2D eigenvalue weighted by atomic mass is 32.2. The summed E-state index contributed by atoms with van der Waals surface area (Å²) in [6.45, 7) is 16.8. The van der Waals surface area contributed by atoms with E-state index < -0.39 is 19.1 Å². The zero-order valence-corrected chi connectivity index (χ0v) is 17.2. The first-order valence-corrected chi connectivity index (χ1v) is 12.8. The Bertz CT molecular complexity index is 578. The zero-order valence-electron chi connectivity index (χ0n) is 15.4. The lowest BCUT2D eigenvalue weighted by Crippen LogP contribution is -2.45. The number of rotatable bonds is 7. The molecule has 128 valence electrons. The lowest BCUT2D eigenvalue weighted by molar-refractivity contribution is 0.601. The van der Waals surface area contributed by atoms with Gasteiger partial charge in [-0.15, -0.1) is 5.73 Å². The van der Waals surface area contributed by atoms with Crippen LogP contribution in [0.15, 0.2) is 47.8 Å². The van der Waals surface area contributed by atoms with E-state index in [1.165, 1.54) is 10.8 Å². The standard InChI is InChI=1S/C19H31NOSSi/c1-8-18(23(5,6)7)17(20-22(21)19(2,3)4)15-14-16-12-10-9-11-13-16/h9-13,17,20H,1,14-15H2,2-7H3/t17-,22-/m1/s1. The summed E-state index contributed by atoms with van der Waals surface area (Å²) in [6.07, 6.45) is 1.86. The summed E-state index contributed by atoms with van der Waals surface area (Å²) in [4.78, 5) is 0. The number of nitrogens with one attached hydrogen (secondary N) is 1. The smallest absolute Gasteiger partial charge is 0.0975 e. The Labute approximate surface area is 145 Å². The van der Waals surface area contributed by atoms with E-state index in [2.05, 4.69) is 60.9 Å². The summed E-state index contributed by atoms with van der Waals surface area (Å²) in [6, 6.07) is 10.5. The molecule has 0 heterocycles. The van der Waals surface area contributed by atoms with Gasteiger partial charge in [0.05, 0.1) is 23.8 Å². The fourth-order valence-electron chi connectivity index (χ4n) is 2.43. The molecule has 0 saturated heterocycles. The molecule has 0 unspecified atom stereocenters. The normalized spacial score (nSPS) is 14.9. The van der Waals surface area contributed by atoms with E-state index in [9.17, 15) is 4.21 Å². The van der Waals surface area contributed by atoms with Gasteiger partial charge in [-0.1, -0.05) is 56.6 Å². The molecule has 1 aromatic rings. The van der Waals surface area contributed by atoms with Crippen molar-refractivity contribution >= 4 is 19.1 Å². The van der Waals surface area contributed by atoms with Gasteiger partial charge in [0.1, 0.15) is 0 Å². The van der Waals surface area contributed by atoms with Crippen LogP contribution in [-0.4, -0.2) is 23.1 Å². The number of hydrogen-bond donors (Lipinski definition) is 1. The summed E-state index contributed by atoms with van der Waals surface area (Å²) in [5.74, 6) is 0. The molecule has 0 fully saturated rings. The van der Waals surface area contributed by atoms with Crippen LogP contribution >= 0.6 is 0 Å². The molecule has 0 radical (unpaired) electrons. The predicted molar refractivity (Wildman–Crippen MR) is 106 cm³/mol. The van der Waals surface area contributed by atoms with E-state index in [1.807, 2.05) is 26.8 Å². The van der Waals surface area contributed by atoms with Gasteiger partial charge in [0, 0.05) is 6.04 Å². The van der Waals surface area contributed by atoms with Gasteiger partial charge in [0.15, 0.2) is 0 Å². The van der Waals surface area contributed by atoms with Gasteiger partial charge >= 0.3 is 0 Å². The summed E-state index contributed by atoms with van der Waals surface area (Å²) in [5, 5.41) is 1.23. The molecule has 1 aromatic carbocycles. The van der Waals surface area contributed by atoms with Crippen LogP contribution in [0, 0.1) is 0 Å². The molecule has 4 heteroatoms. The van der Waals surface area contributed by atoms with Crippen LogP contribution in [0.25, 0.3) is 0 Å². The fraction of sp³-hybridized carbons (Fsp3) is 0.526. The molecule has 0 aliphatic heterocycles. The fourth-order valence-corrected chi connectivity index (χ4v) is 5.18. The van der Waals surface area contributed by atoms with E-state index in [4.69, 9.17) is 0 Å². The molecule has 0 aromatic heterocycles. The Balaban J connectivity index is 2.97. The van der Waals surface area contributed by atoms with E-state index >= 15 is 0 Å². The highest BCUT2D eigenvalue weighted by Gasteiger charge is 2.30. The van der Waals surface area contributed by atoms with Crippen molar-refractivity contribution in [2.45, 2.75) is 64.0 Å². The van der Waals surface area contributed by atoms with Crippen LogP contribution in [-0.2, 0) is 17.4 Å². The van der Waals surface area contributed by atoms with Crippen LogP contribution in [0.4, 0.5) is 0 Å². The first kappa shape index (κ1) is 20.1. The highest BCUT2D eigenvalue weighted by Crippen LogP contribution is 2.22. The molecule has 2 nitrogen and oxygen atoms in total. The Morgan fingerprint density at radius 3 is 2.26 bits per heavy atom. The van der Waals surface area contributed by atoms with E-state index in [0.29, 0.717) is 0 Å². The molecule has 2 atom stereocenters. The third kappa shape index (κ3) is 6.60. The number of aryl methyl sites for hydroxylation is 1. The van der Waals surface area contributed by atoms with Crippen molar-refractivity contribution in [2.75, 3.05) is 0 Å². The Morgan fingerprint density at radius 1 is 1.26 bits per heavy atom. The maximum atomic E-state index is 12.6. The molecule has 0 amide bonds.